The highest BCUT2D eigenvalue weighted by atomic mass is 16.7. The van der Waals surface area contributed by atoms with Crippen molar-refractivity contribution in [1.82, 2.24) is 0 Å². The maximum atomic E-state index is 10.2. The van der Waals surface area contributed by atoms with Crippen LogP contribution in [-0.2, 0) is 14.2 Å². The Labute approximate surface area is 134 Å². The fourth-order valence-electron chi connectivity index (χ4n) is 3.05. The van der Waals surface area contributed by atoms with Gasteiger partial charge < -0.3 is 51.8 Å². The van der Waals surface area contributed by atoms with Gasteiger partial charge in [0.25, 0.3) is 0 Å². The van der Waals surface area contributed by atoms with E-state index < -0.39 is 61.1 Å². The minimum absolute atomic E-state index is 0.0432. The highest BCUT2D eigenvalue weighted by Gasteiger charge is 2.48. The van der Waals surface area contributed by atoms with Gasteiger partial charge >= 0.3 is 0 Å². The third-order valence-electron chi connectivity index (χ3n) is 4.57. The molecule has 10 atom stereocenters. The molecule has 1 aliphatic heterocycles. The van der Waals surface area contributed by atoms with Gasteiger partial charge in [0.05, 0.1) is 12.1 Å². The number of aliphatic hydroxyl groups is 4. The maximum absolute atomic E-state index is 10.2. The lowest BCUT2D eigenvalue weighted by Gasteiger charge is -2.46. The van der Waals surface area contributed by atoms with E-state index in [1.54, 1.807) is 0 Å². The van der Waals surface area contributed by atoms with Crippen molar-refractivity contribution in [2.75, 3.05) is 13.7 Å². The summed E-state index contributed by atoms with van der Waals surface area (Å²) in [6.45, 7) is -0.0432. The first-order valence-corrected chi connectivity index (χ1v) is 7.59. The minimum atomic E-state index is -1.31. The summed E-state index contributed by atoms with van der Waals surface area (Å²) in [5, 5.41) is 40.0. The predicted octanol–water partition coefficient (Wildman–Crippen LogP) is -4.43. The smallest absolute Gasteiger partial charge is 0.176 e. The molecule has 1 aliphatic carbocycles. The van der Waals surface area contributed by atoms with Gasteiger partial charge in [-0.15, -0.1) is 0 Å². The van der Waals surface area contributed by atoms with E-state index in [0.717, 1.165) is 0 Å². The van der Waals surface area contributed by atoms with E-state index in [2.05, 4.69) is 0 Å². The lowest BCUT2D eigenvalue weighted by molar-refractivity contribution is -0.291. The van der Waals surface area contributed by atoms with Gasteiger partial charge in [-0.05, 0) is 6.42 Å². The van der Waals surface area contributed by atoms with Crippen LogP contribution in [0.2, 0.25) is 0 Å². The van der Waals surface area contributed by atoms with Gasteiger partial charge in [-0.1, -0.05) is 0 Å². The Morgan fingerprint density at radius 2 is 1.70 bits per heavy atom. The van der Waals surface area contributed by atoms with Gasteiger partial charge in [-0.25, -0.2) is 0 Å². The lowest BCUT2D eigenvalue weighted by Crippen LogP contribution is -2.66. The summed E-state index contributed by atoms with van der Waals surface area (Å²) in [7, 11) is 1.41. The van der Waals surface area contributed by atoms with Crippen LogP contribution in [-0.4, -0.2) is 95.2 Å². The second kappa shape index (κ2) is 7.66. The molecule has 0 unspecified atom stereocenters. The van der Waals surface area contributed by atoms with Crippen molar-refractivity contribution in [1.29, 1.82) is 0 Å². The Bertz CT molecular complexity index is 389. The number of aliphatic hydroxyl groups excluding tert-OH is 4. The first-order chi connectivity index (χ1) is 10.8. The average Bonchev–Trinajstić information content (AvgIpc) is 2.54. The Balaban J connectivity index is 2.08. The van der Waals surface area contributed by atoms with Crippen molar-refractivity contribution in [3.05, 3.63) is 0 Å². The standard InChI is InChI=1S/C13H27N3O7/c1-21-5-2-4(15)12(11(20)8(5)17)23-13-7(16)10(19)9(18)6(3-14)22-13/h4-13,17-20H,2-3,14-16H2,1H3/t4-,5-,6+,7+,8-,9+,10+,11+,12+,13+/m0/s1. The third kappa shape index (κ3) is 3.66. The number of ether oxygens (including phenoxy) is 3. The van der Waals surface area contributed by atoms with Crippen LogP contribution in [0.5, 0.6) is 0 Å². The zero-order valence-corrected chi connectivity index (χ0v) is 12.9. The third-order valence-corrected chi connectivity index (χ3v) is 4.57. The quantitative estimate of drug-likeness (QED) is 0.264. The number of rotatable bonds is 4. The van der Waals surface area contributed by atoms with Gasteiger partial charge in [0, 0.05) is 19.7 Å². The number of methoxy groups -OCH3 is 1. The molecule has 1 saturated carbocycles. The number of nitrogens with two attached hydrogens (primary N) is 3. The van der Waals surface area contributed by atoms with Crippen molar-refractivity contribution >= 4 is 0 Å². The van der Waals surface area contributed by atoms with Crippen LogP contribution in [0.4, 0.5) is 0 Å². The molecule has 2 aliphatic rings. The zero-order chi connectivity index (χ0) is 17.3. The average molecular weight is 337 g/mol. The maximum Gasteiger partial charge on any atom is 0.176 e. The topological polar surface area (TPSA) is 187 Å². The van der Waals surface area contributed by atoms with E-state index in [-0.39, 0.29) is 13.0 Å². The van der Waals surface area contributed by atoms with Crippen LogP contribution >= 0.6 is 0 Å². The summed E-state index contributed by atoms with van der Waals surface area (Å²) in [6, 6.07) is -1.68. The molecule has 0 amide bonds. The van der Waals surface area contributed by atoms with Crippen LogP contribution in [0.3, 0.4) is 0 Å². The summed E-state index contributed by atoms with van der Waals surface area (Å²) < 4.78 is 16.2. The van der Waals surface area contributed by atoms with Crippen molar-refractivity contribution in [3.8, 4) is 0 Å². The molecule has 0 aromatic heterocycles. The molecule has 0 aromatic rings. The molecule has 0 bridgehead atoms. The normalized spacial score (nSPS) is 51.7. The van der Waals surface area contributed by atoms with Crippen LogP contribution in [0, 0.1) is 0 Å². The van der Waals surface area contributed by atoms with Gasteiger partial charge in [-0.3, -0.25) is 0 Å². The van der Waals surface area contributed by atoms with E-state index in [0.29, 0.717) is 0 Å². The molecule has 0 aromatic carbocycles. The molecular weight excluding hydrogens is 310 g/mol. The van der Waals surface area contributed by atoms with Crippen molar-refractivity contribution < 1.29 is 34.6 Å². The summed E-state index contributed by atoms with van der Waals surface area (Å²) in [5.41, 5.74) is 17.3. The fourth-order valence-corrected chi connectivity index (χ4v) is 3.05. The molecule has 10 nitrogen and oxygen atoms in total. The molecule has 10 heteroatoms. The lowest BCUT2D eigenvalue weighted by atomic mass is 9.85. The predicted molar refractivity (Wildman–Crippen MR) is 78.0 cm³/mol. The van der Waals surface area contributed by atoms with Crippen LogP contribution in [0.15, 0.2) is 0 Å². The van der Waals surface area contributed by atoms with E-state index in [1.165, 1.54) is 7.11 Å². The Morgan fingerprint density at radius 1 is 1.04 bits per heavy atom. The first-order valence-electron chi connectivity index (χ1n) is 7.59. The largest absolute Gasteiger partial charge is 0.388 e. The molecule has 23 heavy (non-hydrogen) atoms. The molecule has 0 spiro atoms. The van der Waals surface area contributed by atoms with Crippen molar-refractivity contribution in [2.45, 2.75) is 67.5 Å². The summed E-state index contributed by atoms with van der Waals surface area (Å²) in [4.78, 5) is 0. The minimum Gasteiger partial charge on any atom is -0.388 e. The Hall–Kier alpha value is -0.400. The first kappa shape index (κ1) is 18.9. The molecule has 136 valence electrons. The SMILES string of the molecule is CO[C@H]1C[C@H](N)[C@@H](O[C@H]2O[C@H](CN)[C@@H](O)[C@H](O)[C@H]2N)[C@H](O)[C@H]1O. The second-order valence-corrected chi connectivity index (χ2v) is 6.09. The second-order valence-electron chi connectivity index (χ2n) is 6.09. The van der Waals surface area contributed by atoms with Gasteiger partial charge in [0.2, 0.25) is 0 Å². The monoisotopic (exact) mass is 337 g/mol. The molecule has 1 heterocycles. The van der Waals surface area contributed by atoms with Gasteiger partial charge in [0.1, 0.15) is 36.6 Å². The molecular formula is C13H27N3O7. The number of hydrogen-bond acceptors (Lipinski definition) is 10. The molecule has 1 saturated heterocycles. The number of hydrogen-bond donors (Lipinski definition) is 7. The van der Waals surface area contributed by atoms with E-state index in [1.807, 2.05) is 0 Å². The molecule has 2 fully saturated rings. The summed E-state index contributed by atoms with van der Waals surface area (Å²) in [6.07, 6.45) is -8.29. The van der Waals surface area contributed by atoms with Crippen LogP contribution in [0.1, 0.15) is 6.42 Å². The van der Waals surface area contributed by atoms with Crippen molar-refractivity contribution in [3.63, 3.8) is 0 Å². The Kier molecular flexibility index (Phi) is 6.30. The fraction of sp³-hybridized carbons (Fsp3) is 1.00. The highest BCUT2D eigenvalue weighted by Crippen LogP contribution is 2.28. The zero-order valence-electron chi connectivity index (χ0n) is 12.9. The molecule has 2 rings (SSSR count). The van der Waals surface area contributed by atoms with Crippen LogP contribution < -0.4 is 17.2 Å². The van der Waals surface area contributed by atoms with Crippen LogP contribution in [0.25, 0.3) is 0 Å². The molecule has 10 N–H and O–H groups in total. The van der Waals surface area contributed by atoms with E-state index in [4.69, 9.17) is 31.4 Å². The summed E-state index contributed by atoms with van der Waals surface area (Å²) in [5.74, 6) is 0. The van der Waals surface area contributed by atoms with Crippen molar-refractivity contribution in [2.24, 2.45) is 17.2 Å². The van der Waals surface area contributed by atoms with Gasteiger partial charge in [-0.2, -0.15) is 0 Å². The van der Waals surface area contributed by atoms with E-state index in [9.17, 15) is 20.4 Å². The highest BCUT2D eigenvalue weighted by molar-refractivity contribution is 4.98. The van der Waals surface area contributed by atoms with Gasteiger partial charge in [0.15, 0.2) is 6.29 Å². The Morgan fingerprint density at radius 3 is 2.26 bits per heavy atom. The van der Waals surface area contributed by atoms with E-state index >= 15 is 0 Å². The summed E-state index contributed by atoms with van der Waals surface area (Å²) >= 11 is 0. The molecule has 0 radical (unpaired) electrons.